The maximum absolute atomic E-state index is 13.4. The average molecular weight is 399 g/mol. The highest BCUT2D eigenvalue weighted by Crippen LogP contribution is 2.25. The van der Waals surface area contributed by atoms with Crippen LogP contribution in [0.1, 0.15) is 25.8 Å². The molecule has 0 bridgehead atoms. The molecule has 5 heteroatoms. The molecular formula is C24H31FN2O2. The van der Waals surface area contributed by atoms with E-state index in [1.807, 2.05) is 18.2 Å². The first-order valence-corrected chi connectivity index (χ1v) is 10.4. The molecule has 0 spiro atoms. The van der Waals surface area contributed by atoms with Gasteiger partial charge in [-0.2, -0.15) is 0 Å². The summed E-state index contributed by atoms with van der Waals surface area (Å²) < 4.78 is 19.3. The van der Waals surface area contributed by atoms with Gasteiger partial charge in [-0.25, -0.2) is 4.39 Å². The molecule has 2 aromatic rings. The van der Waals surface area contributed by atoms with Gasteiger partial charge in [-0.15, -0.1) is 0 Å². The lowest BCUT2D eigenvalue weighted by molar-refractivity contribution is -0.128. The zero-order valence-corrected chi connectivity index (χ0v) is 17.3. The van der Waals surface area contributed by atoms with Crippen molar-refractivity contribution < 1.29 is 13.9 Å². The van der Waals surface area contributed by atoms with Crippen LogP contribution in [0.4, 0.5) is 4.39 Å². The van der Waals surface area contributed by atoms with Gasteiger partial charge < -0.3 is 10.1 Å². The van der Waals surface area contributed by atoms with E-state index in [4.69, 9.17) is 4.74 Å². The molecule has 3 rings (SSSR count). The Morgan fingerprint density at radius 1 is 1.17 bits per heavy atom. The second kappa shape index (κ2) is 10.4. The average Bonchev–Trinajstić information content (AvgIpc) is 2.71. The molecule has 1 aliphatic heterocycles. The Bertz CT molecular complexity index is 781. The molecule has 0 aromatic heterocycles. The Hall–Kier alpha value is -2.40. The number of benzene rings is 2. The minimum absolute atomic E-state index is 0.0627. The van der Waals surface area contributed by atoms with Crippen molar-refractivity contribution in [3.8, 4) is 5.75 Å². The molecule has 156 valence electrons. The lowest BCUT2D eigenvalue weighted by atomic mass is 9.88. The Labute approximate surface area is 173 Å². The lowest BCUT2D eigenvalue weighted by Crippen LogP contribution is -2.47. The summed E-state index contributed by atoms with van der Waals surface area (Å²) in [6.07, 6.45) is 0.782. The van der Waals surface area contributed by atoms with Crippen molar-refractivity contribution in [1.29, 1.82) is 0 Å². The van der Waals surface area contributed by atoms with Gasteiger partial charge in [0.05, 0.1) is 12.5 Å². The summed E-state index contributed by atoms with van der Waals surface area (Å²) >= 11 is 0. The molecule has 1 fully saturated rings. The van der Waals surface area contributed by atoms with Crippen molar-refractivity contribution in [2.24, 2.45) is 17.8 Å². The number of hydrogen-bond donors (Lipinski definition) is 1. The highest BCUT2D eigenvalue weighted by atomic mass is 19.1. The number of carbonyl (C=O) groups excluding carboxylic acids is 1. The van der Waals surface area contributed by atoms with Crippen LogP contribution in [0.5, 0.6) is 5.75 Å². The molecular weight excluding hydrogens is 367 g/mol. The molecule has 0 radical (unpaired) electrons. The first-order valence-electron chi connectivity index (χ1n) is 10.4. The monoisotopic (exact) mass is 398 g/mol. The minimum atomic E-state index is -0.303. The van der Waals surface area contributed by atoms with Crippen LogP contribution in [0.3, 0.4) is 0 Å². The normalized spacial score (nSPS) is 19.9. The third-order valence-electron chi connectivity index (χ3n) is 5.20. The molecule has 0 aliphatic carbocycles. The molecule has 1 heterocycles. The standard InChI is InChI=1S/C24H31FN2O2/c1-18(2)13-26-24(28)21-11-20(17-29-23-10-6-9-22(25)12-23)15-27(16-21)14-19-7-4-3-5-8-19/h3-10,12,18,20-21H,11,13-17H2,1-2H3,(H,26,28)/t20-,21+/m0/s1. The van der Waals surface area contributed by atoms with E-state index in [1.54, 1.807) is 12.1 Å². The summed E-state index contributed by atoms with van der Waals surface area (Å²) in [6.45, 7) is 7.77. The summed E-state index contributed by atoms with van der Waals surface area (Å²) in [5.74, 6) is 0.925. The molecule has 1 amide bonds. The quantitative estimate of drug-likeness (QED) is 0.727. The lowest BCUT2D eigenvalue weighted by Gasteiger charge is -2.37. The number of likely N-dealkylation sites (tertiary alicyclic amines) is 1. The van der Waals surface area contributed by atoms with Gasteiger partial charge in [0.1, 0.15) is 11.6 Å². The molecule has 1 aliphatic rings. The highest BCUT2D eigenvalue weighted by molar-refractivity contribution is 5.79. The molecule has 1 N–H and O–H groups in total. The maximum Gasteiger partial charge on any atom is 0.224 e. The van der Waals surface area contributed by atoms with Crippen LogP contribution in [0.2, 0.25) is 0 Å². The number of halogens is 1. The van der Waals surface area contributed by atoms with Crippen LogP contribution < -0.4 is 10.1 Å². The fourth-order valence-corrected chi connectivity index (χ4v) is 3.80. The number of hydrogen-bond acceptors (Lipinski definition) is 3. The molecule has 2 atom stereocenters. The van der Waals surface area contributed by atoms with Gasteiger partial charge in [0.15, 0.2) is 0 Å². The van der Waals surface area contributed by atoms with Crippen LogP contribution >= 0.6 is 0 Å². The van der Waals surface area contributed by atoms with Gasteiger partial charge in [-0.3, -0.25) is 9.69 Å². The summed E-state index contributed by atoms with van der Waals surface area (Å²) in [4.78, 5) is 15.1. The number of nitrogens with zero attached hydrogens (tertiary/aromatic N) is 1. The Morgan fingerprint density at radius 2 is 1.97 bits per heavy atom. The first kappa shape index (κ1) is 21.3. The number of carbonyl (C=O) groups is 1. The number of rotatable bonds is 8. The van der Waals surface area contributed by atoms with Crippen molar-refractivity contribution >= 4 is 5.91 Å². The number of piperidine rings is 1. The van der Waals surface area contributed by atoms with E-state index in [2.05, 4.69) is 36.2 Å². The summed E-state index contributed by atoms with van der Waals surface area (Å²) in [6, 6.07) is 16.5. The van der Waals surface area contributed by atoms with E-state index < -0.39 is 0 Å². The fraction of sp³-hybridized carbons (Fsp3) is 0.458. The summed E-state index contributed by atoms with van der Waals surface area (Å²) in [5, 5.41) is 3.08. The van der Waals surface area contributed by atoms with Crippen LogP contribution in [-0.4, -0.2) is 37.0 Å². The number of nitrogens with one attached hydrogen (secondary N) is 1. The fourth-order valence-electron chi connectivity index (χ4n) is 3.80. The maximum atomic E-state index is 13.4. The van der Waals surface area contributed by atoms with Crippen molar-refractivity contribution in [3.05, 3.63) is 66.0 Å². The largest absolute Gasteiger partial charge is 0.493 e. The topological polar surface area (TPSA) is 41.6 Å². The van der Waals surface area contributed by atoms with Crippen molar-refractivity contribution in [3.63, 3.8) is 0 Å². The second-order valence-corrected chi connectivity index (χ2v) is 8.39. The van der Waals surface area contributed by atoms with Gasteiger partial charge in [-0.05, 0) is 30.0 Å². The number of ether oxygens (including phenoxy) is 1. The number of amides is 1. The highest BCUT2D eigenvalue weighted by Gasteiger charge is 2.32. The third kappa shape index (κ3) is 6.86. The molecule has 0 saturated carbocycles. The Morgan fingerprint density at radius 3 is 2.69 bits per heavy atom. The van der Waals surface area contributed by atoms with E-state index in [0.29, 0.717) is 24.8 Å². The van der Waals surface area contributed by atoms with Gasteiger partial charge in [0.2, 0.25) is 5.91 Å². The van der Waals surface area contributed by atoms with Crippen LogP contribution in [0.15, 0.2) is 54.6 Å². The molecule has 4 nitrogen and oxygen atoms in total. The predicted octanol–water partition coefficient (Wildman–Crippen LogP) is 4.12. The Balaban J connectivity index is 1.64. The van der Waals surface area contributed by atoms with E-state index in [1.165, 1.54) is 17.7 Å². The van der Waals surface area contributed by atoms with Crippen LogP contribution in [0, 0.1) is 23.6 Å². The molecule has 0 unspecified atom stereocenters. The van der Waals surface area contributed by atoms with E-state index in [0.717, 1.165) is 26.1 Å². The summed E-state index contributed by atoms with van der Waals surface area (Å²) in [5.41, 5.74) is 1.24. The zero-order chi connectivity index (χ0) is 20.6. The zero-order valence-electron chi connectivity index (χ0n) is 17.3. The predicted molar refractivity (Wildman–Crippen MR) is 113 cm³/mol. The van der Waals surface area contributed by atoms with E-state index in [-0.39, 0.29) is 23.6 Å². The third-order valence-corrected chi connectivity index (χ3v) is 5.20. The first-order chi connectivity index (χ1) is 14.0. The van der Waals surface area contributed by atoms with Gasteiger partial charge >= 0.3 is 0 Å². The van der Waals surface area contributed by atoms with E-state index in [9.17, 15) is 9.18 Å². The molecule has 2 aromatic carbocycles. The van der Waals surface area contributed by atoms with Gasteiger partial charge in [0, 0.05) is 38.2 Å². The van der Waals surface area contributed by atoms with E-state index >= 15 is 0 Å². The molecule has 1 saturated heterocycles. The van der Waals surface area contributed by atoms with Crippen molar-refractivity contribution in [2.45, 2.75) is 26.8 Å². The van der Waals surface area contributed by atoms with Crippen molar-refractivity contribution in [1.82, 2.24) is 10.2 Å². The minimum Gasteiger partial charge on any atom is -0.493 e. The summed E-state index contributed by atoms with van der Waals surface area (Å²) in [7, 11) is 0. The van der Waals surface area contributed by atoms with Gasteiger partial charge in [0.25, 0.3) is 0 Å². The SMILES string of the molecule is CC(C)CNC(=O)[C@@H]1C[C@H](COc2cccc(F)c2)CN(Cc2ccccc2)C1. The van der Waals surface area contributed by atoms with Gasteiger partial charge in [-0.1, -0.05) is 50.2 Å². The molecule has 29 heavy (non-hydrogen) atoms. The smallest absolute Gasteiger partial charge is 0.224 e. The van der Waals surface area contributed by atoms with Crippen LogP contribution in [0.25, 0.3) is 0 Å². The van der Waals surface area contributed by atoms with Crippen molar-refractivity contribution in [2.75, 3.05) is 26.2 Å². The Kier molecular flexibility index (Phi) is 7.64. The second-order valence-electron chi connectivity index (χ2n) is 8.39. The van der Waals surface area contributed by atoms with Crippen LogP contribution in [-0.2, 0) is 11.3 Å².